The van der Waals surface area contributed by atoms with Gasteiger partial charge in [-0.25, -0.2) is 5.06 Å². The van der Waals surface area contributed by atoms with Crippen LogP contribution in [0.3, 0.4) is 0 Å². The molecule has 4 heterocycles. The molecule has 0 unspecified atom stereocenters. The van der Waals surface area contributed by atoms with Crippen LogP contribution in [0.1, 0.15) is 18.4 Å². The van der Waals surface area contributed by atoms with E-state index < -0.39 is 0 Å². The molecule has 3 aliphatic rings. The number of amides is 1. The second-order valence-electron chi connectivity index (χ2n) is 7.10. The minimum absolute atomic E-state index is 0.0655. The maximum atomic E-state index is 12.9. The van der Waals surface area contributed by atoms with Gasteiger partial charge in [0.1, 0.15) is 0 Å². The van der Waals surface area contributed by atoms with Crippen molar-refractivity contribution in [3.8, 4) is 0 Å². The molecule has 24 heavy (non-hydrogen) atoms. The highest BCUT2D eigenvalue weighted by Gasteiger charge is 2.45. The summed E-state index contributed by atoms with van der Waals surface area (Å²) in [5, 5.41) is 1.59. The maximum Gasteiger partial charge on any atom is 0.251 e. The van der Waals surface area contributed by atoms with Crippen LogP contribution in [0.4, 0.5) is 0 Å². The lowest BCUT2D eigenvalue weighted by Crippen LogP contribution is -2.47. The topological polar surface area (TPSA) is 54.9 Å². The first-order chi connectivity index (χ1) is 11.8. The Bertz CT molecular complexity index is 562. The van der Waals surface area contributed by atoms with Gasteiger partial charge in [0.25, 0.3) is 5.91 Å². The predicted molar refractivity (Wildman–Crippen MR) is 87.7 cm³/mol. The minimum Gasteiger partial charge on any atom is -0.380 e. The highest BCUT2D eigenvalue weighted by atomic mass is 16.7. The SMILES string of the molecule is O=C([C@@H]1COC[C@H]2CN(Cc3ccncc3)C[C@H]21)N1CCCCO1. The fraction of sp³-hybridized carbons (Fsp3) is 0.667. The van der Waals surface area contributed by atoms with Crippen LogP contribution in [0.25, 0.3) is 0 Å². The Hall–Kier alpha value is -1.50. The number of carbonyl (C=O) groups excluding carboxylic acids is 1. The average Bonchev–Trinajstić information content (AvgIpc) is 3.05. The molecule has 0 radical (unpaired) electrons. The second-order valence-corrected chi connectivity index (χ2v) is 7.10. The summed E-state index contributed by atoms with van der Waals surface area (Å²) in [5.41, 5.74) is 1.27. The summed E-state index contributed by atoms with van der Waals surface area (Å²) >= 11 is 0. The molecule has 0 saturated carbocycles. The van der Waals surface area contributed by atoms with Gasteiger partial charge in [0.15, 0.2) is 0 Å². The predicted octanol–water partition coefficient (Wildman–Crippen LogP) is 1.33. The Morgan fingerprint density at radius 3 is 2.88 bits per heavy atom. The van der Waals surface area contributed by atoms with E-state index in [1.807, 2.05) is 12.4 Å². The molecular weight excluding hydrogens is 306 g/mol. The van der Waals surface area contributed by atoms with Crippen LogP contribution in [0.15, 0.2) is 24.5 Å². The van der Waals surface area contributed by atoms with Gasteiger partial charge in [-0.15, -0.1) is 0 Å². The third kappa shape index (κ3) is 3.31. The van der Waals surface area contributed by atoms with Gasteiger partial charge >= 0.3 is 0 Å². The van der Waals surface area contributed by atoms with Gasteiger partial charge in [-0.3, -0.25) is 19.5 Å². The summed E-state index contributed by atoms with van der Waals surface area (Å²) in [6, 6.07) is 4.12. The molecule has 3 atom stereocenters. The fourth-order valence-electron chi connectivity index (χ4n) is 4.18. The molecule has 4 rings (SSSR count). The second kappa shape index (κ2) is 7.17. The Kier molecular flexibility index (Phi) is 4.78. The number of ether oxygens (including phenoxy) is 1. The van der Waals surface area contributed by atoms with Gasteiger partial charge in [-0.1, -0.05) is 0 Å². The molecule has 1 amide bonds. The molecule has 3 aliphatic heterocycles. The zero-order chi connectivity index (χ0) is 16.4. The van der Waals surface area contributed by atoms with E-state index in [2.05, 4.69) is 22.0 Å². The van der Waals surface area contributed by atoms with E-state index in [0.717, 1.165) is 39.1 Å². The molecule has 130 valence electrons. The van der Waals surface area contributed by atoms with E-state index in [-0.39, 0.29) is 11.8 Å². The lowest BCUT2D eigenvalue weighted by atomic mass is 9.82. The quantitative estimate of drug-likeness (QED) is 0.836. The van der Waals surface area contributed by atoms with Gasteiger partial charge in [0.2, 0.25) is 0 Å². The normalized spacial score (nSPS) is 31.0. The summed E-state index contributed by atoms with van der Waals surface area (Å²) in [6.07, 6.45) is 5.74. The standard InChI is InChI=1S/C18H25N3O3/c22-18(21-7-1-2-8-24-21)17-13-23-12-15-10-20(11-16(15)17)9-14-3-5-19-6-4-14/h3-6,15-17H,1-2,7-13H2/t15-,16-,17-/m1/s1. The number of rotatable bonds is 3. The van der Waals surface area contributed by atoms with Crippen LogP contribution in [-0.4, -0.2) is 60.3 Å². The number of carbonyl (C=O) groups is 1. The van der Waals surface area contributed by atoms with E-state index >= 15 is 0 Å². The van der Waals surface area contributed by atoms with Crippen molar-refractivity contribution in [3.05, 3.63) is 30.1 Å². The van der Waals surface area contributed by atoms with Gasteiger partial charge in [0, 0.05) is 38.6 Å². The third-order valence-corrected chi connectivity index (χ3v) is 5.43. The van der Waals surface area contributed by atoms with Crippen molar-refractivity contribution in [2.75, 3.05) is 39.5 Å². The Balaban J connectivity index is 1.41. The minimum atomic E-state index is -0.0655. The van der Waals surface area contributed by atoms with Crippen molar-refractivity contribution in [3.63, 3.8) is 0 Å². The third-order valence-electron chi connectivity index (χ3n) is 5.43. The molecule has 0 spiro atoms. The Morgan fingerprint density at radius 2 is 2.08 bits per heavy atom. The lowest BCUT2D eigenvalue weighted by molar-refractivity contribution is -0.207. The van der Waals surface area contributed by atoms with Crippen molar-refractivity contribution < 1.29 is 14.4 Å². The molecule has 0 bridgehead atoms. The number of likely N-dealkylation sites (tertiary alicyclic amines) is 1. The summed E-state index contributed by atoms with van der Waals surface area (Å²) in [5.74, 6) is 0.873. The molecule has 0 N–H and O–H groups in total. The van der Waals surface area contributed by atoms with Crippen LogP contribution in [-0.2, 0) is 20.9 Å². The first-order valence-corrected chi connectivity index (χ1v) is 8.94. The van der Waals surface area contributed by atoms with E-state index in [9.17, 15) is 4.79 Å². The first-order valence-electron chi connectivity index (χ1n) is 8.94. The van der Waals surface area contributed by atoms with Crippen molar-refractivity contribution in [2.24, 2.45) is 17.8 Å². The molecule has 0 aromatic carbocycles. The highest BCUT2D eigenvalue weighted by Crippen LogP contribution is 2.36. The number of nitrogens with zero attached hydrogens (tertiary/aromatic N) is 3. The number of hydrogen-bond donors (Lipinski definition) is 0. The summed E-state index contributed by atoms with van der Waals surface area (Å²) in [6.45, 7) is 5.54. The number of hydroxylamine groups is 2. The Labute approximate surface area is 142 Å². The van der Waals surface area contributed by atoms with Crippen molar-refractivity contribution in [1.82, 2.24) is 14.9 Å². The van der Waals surface area contributed by atoms with Crippen molar-refractivity contribution in [2.45, 2.75) is 19.4 Å². The van der Waals surface area contributed by atoms with Gasteiger partial charge in [-0.05, 0) is 42.4 Å². The molecule has 3 saturated heterocycles. The lowest BCUT2D eigenvalue weighted by Gasteiger charge is -2.36. The Morgan fingerprint density at radius 1 is 1.21 bits per heavy atom. The van der Waals surface area contributed by atoms with E-state index in [4.69, 9.17) is 9.57 Å². The molecule has 3 fully saturated rings. The molecule has 6 nitrogen and oxygen atoms in total. The monoisotopic (exact) mass is 331 g/mol. The molecule has 1 aromatic rings. The summed E-state index contributed by atoms with van der Waals surface area (Å²) in [7, 11) is 0. The van der Waals surface area contributed by atoms with Gasteiger partial charge in [0.05, 0.1) is 25.7 Å². The van der Waals surface area contributed by atoms with Crippen molar-refractivity contribution in [1.29, 1.82) is 0 Å². The van der Waals surface area contributed by atoms with Gasteiger partial charge in [-0.2, -0.15) is 0 Å². The van der Waals surface area contributed by atoms with E-state index in [1.54, 1.807) is 5.06 Å². The van der Waals surface area contributed by atoms with E-state index in [0.29, 0.717) is 31.6 Å². The first kappa shape index (κ1) is 16.0. The van der Waals surface area contributed by atoms with Gasteiger partial charge < -0.3 is 4.74 Å². The molecule has 6 heteroatoms. The van der Waals surface area contributed by atoms with Crippen molar-refractivity contribution >= 4 is 5.91 Å². The van der Waals surface area contributed by atoms with Crippen LogP contribution in [0, 0.1) is 17.8 Å². The van der Waals surface area contributed by atoms with Crippen LogP contribution < -0.4 is 0 Å². The largest absolute Gasteiger partial charge is 0.380 e. The number of aromatic nitrogens is 1. The average molecular weight is 331 g/mol. The fourth-order valence-corrected chi connectivity index (χ4v) is 4.18. The summed E-state index contributed by atoms with van der Waals surface area (Å²) in [4.78, 5) is 24.9. The molecular formula is C18H25N3O3. The smallest absolute Gasteiger partial charge is 0.251 e. The van der Waals surface area contributed by atoms with Crippen LogP contribution in [0.2, 0.25) is 0 Å². The number of hydrogen-bond acceptors (Lipinski definition) is 5. The molecule has 1 aromatic heterocycles. The number of fused-ring (bicyclic) bond motifs is 1. The zero-order valence-corrected chi connectivity index (χ0v) is 14.0. The molecule has 0 aliphatic carbocycles. The number of pyridine rings is 1. The van der Waals surface area contributed by atoms with Crippen LogP contribution in [0.5, 0.6) is 0 Å². The zero-order valence-electron chi connectivity index (χ0n) is 14.0. The highest BCUT2D eigenvalue weighted by molar-refractivity contribution is 5.78. The van der Waals surface area contributed by atoms with E-state index in [1.165, 1.54) is 5.56 Å². The van der Waals surface area contributed by atoms with Crippen LogP contribution >= 0.6 is 0 Å². The maximum absolute atomic E-state index is 12.9. The summed E-state index contributed by atoms with van der Waals surface area (Å²) < 4.78 is 5.77.